The topological polar surface area (TPSA) is 84.5 Å². The van der Waals surface area contributed by atoms with Crippen LogP contribution in [0.4, 0.5) is 4.79 Å². The van der Waals surface area contributed by atoms with Gasteiger partial charge in [0.1, 0.15) is 12.0 Å². The molecule has 0 saturated carbocycles. The van der Waals surface area contributed by atoms with Crippen molar-refractivity contribution in [3.05, 3.63) is 29.8 Å². The van der Waals surface area contributed by atoms with Crippen molar-refractivity contribution < 1.29 is 19.1 Å². The third-order valence-corrected chi connectivity index (χ3v) is 5.81. The first kappa shape index (κ1) is 16.8. The van der Waals surface area contributed by atoms with Crippen LogP contribution in [-0.4, -0.2) is 41.4 Å². The fraction of sp³-hybridized carbons (Fsp3) is 0.471. The van der Waals surface area contributed by atoms with Crippen LogP contribution in [0.25, 0.3) is 0 Å². The zero-order valence-electron chi connectivity index (χ0n) is 13.2. The number of thioether (sulfide) groups is 1. The van der Waals surface area contributed by atoms with Gasteiger partial charge in [-0.15, -0.1) is 0 Å². The molecule has 3 rings (SSSR count). The molecule has 6 nitrogen and oxygen atoms in total. The number of carbonyl (C=O) groups excluding carboxylic acids is 3. The number of urea groups is 1. The SMILES string of the molecule is O=Cc1ccc(OC(=O)CCCC[C@@H]2SC[C@@H]3NC(=O)N[C@@H]32)cc1. The molecule has 128 valence electrons. The lowest BCUT2D eigenvalue weighted by molar-refractivity contribution is -0.134. The third-order valence-electron chi connectivity index (χ3n) is 4.31. The van der Waals surface area contributed by atoms with Crippen molar-refractivity contribution in [1.82, 2.24) is 10.6 Å². The highest BCUT2D eigenvalue weighted by atomic mass is 32.2. The Morgan fingerprint density at radius 3 is 2.79 bits per heavy atom. The first-order valence-corrected chi connectivity index (χ1v) is 9.15. The average molecular weight is 348 g/mol. The number of rotatable bonds is 7. The molecule has 7 heteroatoms. The lowest BCUT2D eigenvalue weighted by atomic mass is 10.0. The van der Waals surface area contributed by atoms with Gasteiger partial charge in [0.25, 0.3) is 0 Å². The highest BCUT2D eigenvalue weighted by molar-refractivity contribution is 8.00. The van der Waals surface area contributed by atoms with Crippen LogP contribution >= 0.6 is 11.8 Å². The second-order valence-corrected chi connectivity index (χ2v) is 7.30. The number of carbonyl (C=O) groups is 3. The quantitative estimate of drug-likeness (QED) is 0.259. The highest BCUT2D eigenvalue weighted by Gasteiger charge is 2.42. The Bertz CT molecular complexity index is 620. The van der Waals surface area contributed by atoms with Crippen LogP contribution in [0.3, 0.4) is 0 Å². The summed E-state index contributed by atoms with van der Waals surface area (Å²) in [7, 11) is 0. The minimum Gasteiger partial charge on any atom is -0.427 e. The van der Waals surface area contributed by atoms with E-state index in [1.165, 1.54) is 0 Å². The van der Waals surface area contributed by atoms with E-state index in [1.54, 1.807) is 24.3 Å². The summed E-state index contributed by atoms with van der Waals surface area (Å²) in [5, 5.41) is 6.31. The first-order valence-electron chi connectivity index (χ1n) is 8.10. The molecule has 1 aromatic carbocycles. The molecule has 1 aromatic rings. The van der Waals surface area contributed by atoms with Gasteiger partial charge in [0, 0.05) is 23.0 Å². The van der Waals surface area contributed by atoms with Crippen LogP contribution in [0.15, 0.2) is 24.3 Å². The fourth-order valence-electron chi connectivity index (χ4n) is 3.05. The van der Waals surface area contributed by atoms with Crippen LogP contribution in [0.5, 0.6) is 5.75 Å². The van der Waals surface area contributed by atoms with Gasteiger partial charge < -0.3 is 15.4 Å². The van der Waals surface area contributed by atoms with Gasteiger partial charge in [-0.3, -0.25) is 9.59 Å². The lowest BCUT2D eigenvalue weighted by Crippen LogP contribution is -2.36. The largest absolute Gasteiger partial charge is 0.427 e. The molecule has 3 atom stereocenters. The summed E-state index contributed by atoms with van der Waals surface area (Å²) in [5.74, 6) is 1.15. The zero-order chi connectivity index (χ0) is 16.9. The summed E-state index contributed by atoms with van der Waals surface area (Å²) in [6.07, 6.45) is 3.79. The van der Waals surface area contributed by atoms with Crippen LogP contribution < -0.4 is 15.4 Å². The molecule has 2 heterocycles. The van der Waals surface area contributed by atoms with Gasteiger partial charge in [-0.25, -0.2) is 4.79 Å². The number of unbranched alkanes of at least 4 members (excludes halogenated alkanes) is 1. The number of hydrogen-bond donors (Lipinski definition) is 2. The summed E-state index contributed by atoms with van der Waals surface area (Å²) >= 11 is 1.88. The second kappa shape index (κ2) is 7.70. The summed E-state index contributed by atoms with van der Waals surface area (Å²) in [6.45, 7) is 0. The monoisotopic (exact) mass is 348 g/mol. The minimum absolute atomic E-state index is 0.0699. The Balaban J connectivity index is 1.35. The van der Waals surface area contributed by atoms with Gasteiger partial charge in [-0.2, -0.15) is 11.8 Å². The van der Waals surface area contributed by atoms with Crippen molar-refractivity contribution in [2.24, 2.45) is 0 Å². The Labute approximate surface area is 144 Å². The summed E-state index contributed by atoms with van der Waals surface area (Å²) in [4.78, 5) is 33.7. The molecule has 24 heavy (non-hydrogen) atoms. The van der Waals surface area contributed by atoms with Crippen molar-refractivity contribution in [2.75, 3.05) is 5.75 Å². The summed E-state index contributed by atoms with van der Waals surface area (Å²) in [5.41, 5.74) is 0.552. The lowest BCUT2D eigenvalue weighted by Gasteiger charge is -2.16. The molecule has 2 aliphatic heterocycles. The average Bonchev–Trinajstić information content (AvgIpc) is 3.12. The van der Waals surface area contributed by atoms with Crippen molar-refractivity contribution in [1.29, 1.82) is 0 Å². The molecule has 2 amide bonds. The molecule has 0 radical (unpaired) electrons. The smallest absolute Gasteiger partial charge is 0.315 e. The van der Waals surface area contributed by atoms with E-state index in [2.05, 4.69) is 10.6 Å². The van der Waals surface area contributed by atoms with Crippen molar-refractivity contribution in [2.45, 2.75) is 43.0 Å². The Hall–Kier alpha value is -2.02. The second-order valence-electron chi connectivity index (χ2n) is 6.03. The molecule has 0 aliphatic carbocycles. The number of nitrogens with one attached hydrogen (secondary N) is 2. The number of benzene rings is 1. The molecule has 0 unspecified atom stereocenters. The highest BCUT2D eigenvalue weighted by Crippen LogP contribution is 2.33. The van der Waals surface area contributed by atoms with E-state index in [-0.39, 0.29) is 24.1 Å². The Kier molecular flexibility index (Phi) is 5.40. The number of fused-ring (bicyclic) bond motifs is 1. The fourth-order valence-corrected chi connectivity index (χ4v) is 4.60. The standard InChI is InChI=1S/C17H20N2O4S/c20-9-11-5-7-12(8-6-11)23-15(21)4-2-1-3-14-16-13(10-24-14)18-17(22)19-16/h5-9,13-14,16H,1-4,10H2,(H2,18,19,22)/t13-,14-,16-/m0/s1. The van der Waals surface area contributed by atoms with Crippen LogP contribution in [-0.2, 0) is 4.79 Å². The molecule has 0 bridgehead atoms. The molecular weight excluding hydrogens is 328 g/mol. The van der Waals surface area contributed by atoms with Gasteiger partial charge in [0.15, 0.2) is 0 Å². The predicted molar refractivity (Wildman–Crippen MR) is 91.4 cm³/mol. The third kappa shape index (κ3) is 4.08. The molecule has 2 N–H and O–H groups in total. The van der Waals surface area contributed by atoms with E-state index in [0.29, 0.717) is 23.0 Å². The van der Waals surface area contributed by atoms with Gasteiger partial charge in [0.05, 0.1) is 12.1 Å². The maximum atomic E-state index is 11.8. The van der Waals surface area contributed by atoms with Crippen molar-refractivity contribution in [3.63, 3.8) is 0 Å². The molecule has 0 aromatic heterocycles. The first-order chi connectivity index (χ1) is 11.7. The molecule has 2 fully saturated rings. The molecule has 2 saturated heterocycles. The summed E-state index contributed by atoms with van der Waals surface area (Å²) < 4.78 is 5.24. The number of esters is 1. The van der Waals surface area contributed by atoms with Gasteiger partial charge >= 0.3 is 12.0 Å². The maximum absolute atomic E-state index is 11.8. The molecule has 0 spiro atoms. The van der Waals surface area contributed by atoms with E-state index in [9.17, 15) is 14.4 Å². The van der Waals surface area contributed by atoms with E-state index in [4.69, 9.17) is 4.74 Å². The Morgan fingerprint density at radius 2 is 2.04 bits per heavy atom. The Morgan fingerprint density at radius 1 is 1.25 bits per heavy atom. The van der Waals surface area contributed by atoms with Crippen LogP contribution in [0.2, 0.25) is 0 Å². The van der Waals surface area contributed by atoms with E-state index >= 15 is 0 Å². The van der Waals surface area contributed by atoms with E-state index < -0.39 is 0 Å². The predicted octanol–water partition coefficient (Wildman–Crippen LogP) is 2.13. The number of ether oxygens (including phenoxy) is 1. The molecular formula is C17H20N2O4S. The van der Waals surface area contributed by atoms with E-state index in [0.717, 1.165) is 31.3 Å². The minimum atomic E-state index is -0.262. The van der Waals surface area contributed by atoms with Gasteiger partial charge in [0.2, 0.25) is 0 Å². The number of hydrogen-bond acceptors (Lipinski definition) is 5. The summed E-state index contributed by atoms with van der Waals surface area (Å²) in [6, 6.07) is 6.86. The normalized spacial score (nSPS) is 24.8. The zero-order valence-corrected chi connectivity index (χ0v) is 14.0. The van der Waals surface area contributed by atoms with E-state index in [1.807, 2.05) is 11.8 Å². The number of aldehydes is 1. The van der Waals surface area contributed by atoms with Crippen molar-refractivity contribution in [3.8, 4) is 5.75 Å². The molecule has 2 aliphatic rings. The maximum Gasteiger partial charge on any atom is 0.315 e. The number of amides is 2. The van der Waals surface area contributed by atoms with Gasteiger partial charge in [-0.1, -0.05) is 6.42 Å². The van der Waals surface area contributed by atoms with Crippen LogP contribution in [0, 0.1) is 0 Å². The van der Waals surface area contributed by atoms with Crippen LogP contribution in [0.1, 0.15) is 36.0 Å². The van der Waals surface area contributed by atoms with Gasteiger partial charge in [-0.05, 0) is 37.1 Å². The van der Waals surface area contributed by atoms with Crippen molar-refractivity contribution >= 4 is 30.0 Å².